The van der Waals surface area contributed by atoms with Crippen molar-refractivity contribution in [2.45, 2.75) is 160 Å². The van der Waals surface area contributed by atoms with Crippen molar-refractivity contribution in [2.75, 3.05) is 6.54 Å². The molecule has 1 saturated heterocycles. The first-order valence-corrected chi connectivity index (χ1v) is 23.2. The van der Waals surface area contributed by atoms with Gasteiger partial charge in [-0.15, -0.1) is 0 Å². The Hall–Kier alpha value is -4.88. The van der Waals surface area contributed by atoms with Crippen molar-refractivity contribution < 1.29 is 43.7 Å². The van der Waals surface area contributed by atoms with Gasteiger partial charge in [-0.05, 0) is 99.5 Å². The number of rotatable bonds is 11. The van der Waals surface area contributed by atoms with Crippen LogP contribution < -0.4 is 16.1 Å². The Morgan fingerprint density at radius 3 is 2.38 bits per heavy atom. The highest BCUT2D eigenvalue weighted by molar-refractivity contribution is 5.98. The zero-order valence-electron chi connectivity index (χ0n) is 37.9. The molecule has 2 aliphatic heterocycles. The van der Waals surface area contributed by atoms with Crippen molar-refractivity contribution in [1.82, 2.24) is 21.1 Å². The van der Waals surface area contributed by atoms with Crippen LogP contribution in [0.25, 0.3) is 0 Å². The number of ether oxygens (including phenoxy) is 1. The van der Waals surface area contributed by atoms with E-state index in [0.29, 0.717) is 43.6 Å². The Morgan fingerprint density at radius 1 is 0.952 bits per heavy atom. The minimum atomic E-state index is -1.47. The summed E-state index contributed by atoms with van der Waals surface area (Å²) in [7, 11) is 0. The molecule has 3 amide bonds. The molecule has 1 spiro atoms. The molecule has 13 nitrogen and oxygen atoms in total. The number of nitrogens with one attached hydrogen (secondary N) is 3. The van der Waals surface area contributed by atoms with E-state index in [4.69, 9.17) is 4.74 Å². The third-order valence-corrected chi connectivity index (χ3v) is 13.2. The highest BCUT2D eigenvalue weighted by Gasteiger charge is 2.64. The van der Waals surface area contributed by atoms with Crippen molar-refractivity contribution in [3.8, 4) is 5.75 Å². The number of hydrogen-bond donors (Lipinski definition) is 5. The molecule has 2 bridgehead atoms. The average molecular weight is 871 g/mol. The number of fused-ring (bicyclic) bond motifs is 2. The number of phenolic OH excluding ortho intramolecular Hbond substituents is 1. The van der Waals surface area contributed by atoms with E-state index in [1.165, 1.54) is 50.1 Å². The summed E-state index contributed by atoms with van der Waals surface area (Å²) in [4.78, 5) is 81.9. The van der Waals surface area contributed by atoms with Crippen LogP contribution >= 0.6 is 0 Å². The highest BCUT2D eigenvalue weighted by Crippen LogP contribution is 2.53. The molecule has 0 radical (unpaired) electrons. The van der Waals surface area contributed by atoms with E-state index in [1.807, 2.05) is 38.2 Å². The number of aliphatic hydroxyl groups is 1. The number of carbonyl (C=O) groups excluding carboxylic acids is 6. The summed E-state index contributed by atoms with van der Waals surface area (Å²) in [6, 6.07) is 4.54. The fourth-order valence-electron chi connectivity index (χ4n) is 9.14. The molecule has 0 aromatic heterocycles. The van der Waals surface area contributed by atoms with Crippen LogP contribution in [0.5, 0.6) is 5.75 Å². The van der Waals surface area contributed by atoms with Crippen LogP contribution in [0.1, 0.15) is 136 Å². The van der Waals surface area contributed by atoms with Crippen molar-refractivity contribution in [3.63, 3.8) is 0 Å². The van der Waals surface area contributed by atoms with Crippen molar-refractivity contribution >= 4 is 35.3 Å². The quantitative estimate of drug-likeness (QED) is 0.0920. The topological polar surface area (TPSA) is 191 Å². The lowest BCUT2D eigenvalue weighted by molar-refractivity contribution is -0.156. The molecular weight excluding hydrogens is 801 g/mol. The summed E-state index contributed by atoms with van der Waals surface area (Å²) < 4.78 is 6.15. The number of ketones is 2. The normalized spacial score (nSPS) is 30.8. The predicted molar refractivity (Wildman–Crippen MR) is 241 cm³/mol. The van der Waals surface area contributed by atoms with E-state index in [-0.39, 0.29) is 43.1 Å². The van der Waals surface area contributed by atoms with E-state index in [1.54, 1.807) is 50.3 Å². The number of nitrogens with zero attached hydrogens (tertiary/aromatic N) is 1. The lowest BCUT2D eigenvalue weighted by Gasteiger charge is -2.36. The third-order valence-electron chi connectivity index (χ3n) is 13.2. The van der Waals surface area contributed by atoms with Crippen molar-refractivity contribution in [1.29, 1.82) is 0 Å². The second-order valence-electron chi connectivity index (χ2n) is 18.7. The Morgan fingerprint density at radius 2 is 1.68 bits per heavy atom. The highest BCUT2D eigenvalue weighted by atomic mass is 16.5. The molecule has 5 N–H and O–H groups in total. The van der Waals surface area contributed by atoms with Gasteiger partial charge in [0.1, 0.15) is 35.3 Å². The average Bonchev–Trinajstić information content (AvgIpc) is 3.99. The van der Waals surface area contributed by atoms with Crippen LogP contribution in [-0.2, 0) is 33.5 Å². The molecule has 1 aromatic rings. The lowest BCUT2D eigenvalue weighted by Crippen LogP contribution is -2.63. The maximum Gasteiger partial charge on any atom is 0.325 e. The summed E-state index contributed by atoms with van der Waals surface area (Å²) in [6.45, 7) is 8.89. The monoisotopic (exact) mass is 871 g/mol. The van der Waals surface area contributed by atoms with E-state index < -0.39 is 77.2 Å². The van der Waals surface area contributed by atoms with Gasteiger partial charge in [-0.3, -0.25) is 29.0 Å². The molecule has 2 unspecified atom stereocenters. The second-order valence-corrected chi connectivity index (χ2v) is 18.7. The molecule has 4 aliphatic rings. The van der Waals surface area contributed by atoms with Gasteiger partial charge in [-0.25, -0.2) is 5.43 Å². The minimum absolute atomic E-state index is 0.00309. The number of carbonyl (C=O) groups is 6. The number of amides is 3. The Kier molecular flexibility index (Phi) is 18.1. The third kappa shape index (κ3) is 13.8. The number of allylic oxidation sites excluding steroid dienone is 6. The van der Waals surface area contributed by atoms with Crippen LogP contribution in [0.2, 0.25) is 0 Å². The number of hydrazine groups is 1. The number of esters is 1. The molecule has 8 atom stereocenters. The number of aliphatic hydroxyl groups excluding tert-OH is 1. The lowest BCUT2D eigenvalue weighted by atomic mass is 9.85. The van der Waals surface area contributed by atoms with Gasteiger partial charge < -0.3 is 30.4 Å². The SMILES string of the molecule is CC(=O)CC[C@H]1C(=O)N[C@@H](C(C)C)C(=O)NC2(C[C@H]2c2cccc(O)c2)C(=O)N2CCCC(N2)C(=O)O[C@H](/C(C)=C/C=C/C(=O)CCC2CCCCC2)C/C=C/C=C/C[C@H](C)[C@H]1O. The number of cyclic esters (lactones) is 1. The number of Topliss-reactive ketones (excluding diaryl/α,β-unsaturated/α-hetero) is 1. The molecule has 2 saturated carbocycles. The Labute approximate surface area is 373 Å². The molecule has 2 heterocycles. The maximum absolute atomic E-state index is 14.7. The molecule has 3 fully saturated rings. The van der Waals surface area contributed by atoms with Gasteiger partial charge in [0, 0.05) is 31.7 Å². The first-order chi connectivity index (χ1) is 30.1. The van der Waals surface area contributed by atoms with Gasteiger partial charge in [0.2, 0.25) is 11.8 Å². The van der Waals surface area contributed by atoms with Crippen LogP contribution in [0.15, 0.2) is 72.4 Å². The molecule has 5 rings (SSSR count). The van der Waals surface area contributed by atoms with Gasteiger partial charge >= 0.3 is 5.97 Å². The first kappa shape index (κ1) is 49.1. The number of aromatic hydroxyl groups is 1. The molecule has 13 heteroatoms. The van der Waals surface area contributed by atoms with Crippen LogP contribution in [0, 0.1) is 23.7 Å². The van der Waals surface area contributed by atoms with E-state index >= 15 is 0 Å². The summed E-state index contributed by atoms with van der Waals surface area (Å²) >= 11 is 0. The Balaban J connectivity index is 1.44. The molecular formula is C50H70N4O9. The largest absolute Gasteiger partial charge is 0.508 e. The summed E-state index contributed by atoms with van der Waals surface area (Å²) in [6.07, 6.45) is 20.1. The van der Waals surface area contributed by atoms with E-state index in [0.717, 1.165) is 12.0 Å². The minimum Gasteiger partial charge on any atom is -0.508 e. The molecule has 63 heavy (non-hydrogen) atoms. The fourth-order valence-corrected chi connectivity index (χ4v) is 9.14. The molecule has 1 aromatic carbocycles. The summed E-state index contributed by atoms with van der Waals surface area (Å²) in [5, 5.41) is 29.1. The van der Waals surface area contributed by atoms with Gasteiger partial charge in [0.15, 0.2) is 5.78 Å². The number of benzene rings is 1. The van der Waals surface area contributed by atoms with Gasteiger partial charge in [0.25, 0.3) is 5.91 Å². The van der Waals surface area contributed by atoms with Crippen LogP contribution in [-0.4, -0.2) is 86.9 Å². The van der Waals surface area contributed by atoms with E-state index in [2.05, 4.69) is 16.1 Å². The summed E-state index contributed by atoms with van der Waals surface area (Å²) in [5.41, 5.74) is 2.99. The number of hydrogen-bond acceptors (Lipinski definition) is 10. The van der Waals surface area contributed by atoms with E-state index in [9.17, 15) is 39.0 Å². The van der Waals surface area contributed by atoms with Crippen molar-refractivity contribution in [3.05, 3.63) is 77.9 Å². The van der Waals surface area contributed by atoms with Gasteiger partial charge in [-0.2, -0.15) is 0 Å². The number of phenols is 1. The fraction of sp³-hybridized carbons (Fsp3) is 0.600. The molecule has 2 aliphatic carbocycles. The van der Waals surface area contributed by atoms with Gasteiger partial charge in [0.05, 0.1) is 12.0 Å². The molecule has 344 valence electrons. The van der Waals surface area contributed by atoms with Crippen LogP contribution in [0.4, 0.5) is 0 Å². The first-order valence-electron chi connectivity index (χ1n) is 23.2. The van der Waals surface area contributed by atoms with Crippen molar-refractivity contribution in [2.24, 2.45) is 23.7 Å². The predicted octanol–water partition coefficient (Wildman–Crippen LogP) is 6.60. The maximum atomic E-state index is 14.7. The zero-order valence-corrected chi connectivity index (χ0v) is 37.9. The summed E-state index contributed by atoms with van der Waals surface area (Å²) in [5.74, 6) is -3.98. The second kappa shape index (κ2) is 23.2. The standard InChI is InChI=1S/C50H70N4O9/c1-32(2)44-47(60)52-50(31-41(50)37-20-14-22-39(57)30-37)49(62)54-29-15-23-42(53-54)48(61)63-43(33(3)17-13-21-38(56)27-26-36-18-10-8-11-19-36)24-12-7-6-9-16-34(4)45(58)40(46(59)51-44)28-25-35(5)55/h6-7,9,12-14,17,20-22,30,32,34,36,40-45,53,57-58H,8,10-11,15-16,18-19,23-29,31H2,1-5H3,(H,51,59)(H,52,60)/b9-6+,12-7+,21-13+,33-17+/t34-,40+,41-,42?,43-,44-,45+,50?/m0/s1. The zero-order chi connectivity index (χ0) is 45.7. The Bertz CT molecular complexity index is 1920. The smallest absolute Gasteiger partial charge is 0.325 e. The van der Waals surface area contributed by atoms with Gasteiger partial charge in [-0.1, -0.05) is 101 Å². The van der Waals surface area contributed by atoms with Crippen LogP contribution in [0.3, 0.4) is 0 Å².